The van der Waals surface area contributed by atoms with Crippen LogP contribution in [-0.4, -0.2) is 22.1 Å². The number of nitro groups is 1. The molecule has 0 radical (unpaired) electrons. The molecule has 0 saturated heterocycles. The molecule has 5 rings (SSSR count). The molecule has 0 N–H and O–H groups in total. The van der Waals surface area contributed by atoms with Gasteiger partial charge in [-0.3, -0.25) is 19.5 Å². The lowest BCUT2D eigenvalue weighted by Crippen LogP contribution is -2.40. The molecule has 226 valence electrons. The third-order valence-corrected chi connectivity index (χ3v) is 9.15. The van der Waals surface area contributed by atoms with Gasteiger partial charge in [0.15, 0.2) is 4.80 Å². The van der Waals surface area contributed by atoms with Gasteiger partial charge in [-0.2, -0.15) is 0 Å². The fraction of sp³-hybridized carbons (Fsp3) is 0.167. The van der Waals surface area contributed by atoms with E-state index < -0.39 is 22.5 Å². The molecule has 2 heterocycles. The molecule has 1 atom stereocenters. The Hall–Kier alpha value is -3.48. The fourth-order valence-corrected chi connectivity index (χ4v) is 7.01. The van der Waals surface area contributed by atoms with E-state index in [9.17, 15) is 19.7 Å². The smallest absolute Gasteiger partial charge is 0.338 e. The summed E-state index contributed by atoms with van der Waals surface area (Å²) < 4.78 is 13.0. The zero-order valence-electron chi connectivity index (χ0n) is 23.0. The number of thiazole rings is 1. The van der Waals surface area contributed by atoms with Crippen molar-refractivity contribution in [2.45, 2.75) is 26.5 Å². The number of ether oxygens (including phenoxy) is 2. The average molecular weight is 738 g/mol. The number of aromatic nitrogens is 1. The number of esters is 1. The van der Waals surface area contributed by atoms with Crippen molar-refractivity contribution in [1.29, 1.82) is 0 Å². The van der Waals surface area contributed by atoms with E-state index in [0.29, 0.717) is 46.7 Å². The van der Waals surface area contributed by atoms with Crippen LogP contribution in [0.4, 0.5) is 5.69 Å². The molecule has 0 aliphatic carbocycles. The number of nitrogens with zero attached hydrogens (tertiary/aromatic N) is 3. The van der Waals surface area contributed by atoms with Gasteiger partial charge >= 0.3 is 11.7 Å². The number of halogens is 4. The van der Waals surface area contributed by atoms with Gasteiger partial charge in [0, 0.05) is 26.7 Å². The van der Waals surface area contributed by atoms with E-state index in [1.165, 1.54) is 16.7 Å². The van der Waals surface area contributed by atoms with Crippen LogP contribution >= 0.6 is 62.1 Å². The molecular weight excluding hydrogens is 717 g/mol. The van der Waals surface area contributed by atoms with Gasteiger partial charge in [0.25, 0.3) is 5.56 Å². The van der Waals surface area contributed by atoms with Gasteiger partial charge in [0.1, 0.15) is 12.6 Å². The summed E-state index contributed by atoms with van der Waals surface area (Å²) >= 11 is 23.2. The molecule has 14 heteroatoms. The largest absolute Gasteiger partial charge is 0.481 e. The van der Waals surface area contributed by atoms with E-state index in [1.54, 1.807) is 62.4 Å². The van der Waals surface area contributed by atoms with Gasteiger partial charge in [0.05, 0.1) is 31.8 Å². The summed E-state index contributed by atoms with van der Waals surface area (Å²) in [5.74, 6) is -0.615. The van der Waals surface area contributed by atoms with Gasteiger partial charge in [-0.05, 0) is 71.2 Å². The first-order valence-electron chi connectivity index (χ1n) is 13.0. The highest BCUT2D eigenvalue weighted by atomic mass is 79.9. The second kappa shape index (κ2) is 13.3. The van der Waals surface area contributed by atoms with Crippen molar-refractivity contribution < 1.29 is 19.2 Å². The Morgan fingerprint density at radius 2 is 1.91 bits per heavy atom. The molecule has 44 heavy (non-hydrogen) atoms. The second-order valence-electron chi connectivity index (χ2n) is 9.46. The summed E-state index contributed by atoms with van der Waals surface area (Å²) in [5, 5.41) is 13.2. The zero-order valence-corrected chi connectivity index (χ0v) is 27.6. The maximum absolute atomic E-state index is 13.9. The molecule has 9 nitrogen and oxygen atoms in total. The highest BCUT2D eigenvalue weighted by Crippen LogP contribution is 2.38. The van der Waals surface area contributed by atoms with Crippen LogP contribution < -0.4 is 19.6 Å². The second-order valence-corrected chi connectivity index (χ2v) is 12.6. The predicted molar refractivity (Wildman–Crippen MR) is 173 cm³/mol. The normalized spacial score (nSPS) is 14.7. The lowest BCUT2D eigenvalue weighted by molar-refractivity contribution is -0.386. The van der Waals surface area contributed by atoms with E-state index in [0.717, 1.165) is 11.3 Å². The number of allylic oxidation sites excluding steroid dienone is 1. The molecule has 4 aromatic rings. The van der Waals surface area contributed by atoms with E-state index in [1.807, 2.05) is 0 Å². The number of hydrogen-bond acceptors (Lipinski definition) is 8. The number of nitro benzene ring substituents is 1. The molecule has 0 fully saturated rings. The Kier molecular flexibility index (Phi) is 9.62. The number of carbonyl (C=O) groups excluding carboxylic acids is 1. The SMILES string of the molecule is CCOC(=O)C1=C(C)N=c2s/c(=C\c3cc(Br)c(OCc4ccc(Cl)cc4Cl)c([N+](=O)[O-])c3)c(=O)n2[C@@H]1c1ccccc1Cl. The van der Waals surface area contributed by atoms with Gasteiger partial charge in [0.2, 0.25) is 5.75 Å². The van der Waals surface area contributed by atoms with Crippen LogP contribution in [-0.2, 0) is 16.1 Å². The zero-order chi connectivity index (χ0) is 31.7. The van der Waals surface area contributed by atoms with E-state index in [4.69, 9.17) is 44.3 Å². The number of rotatable bonds is 8. The molecule has 0 spiro atoms. The van der Waals surface area contributed by atoms with Crippen LogP contribution in [0.3, 0.4) is 0 Å². The summed E-state index contributed by atoms with van der Waals surface area (Å²) in [6.07, 6.45) is 1.52. The minimum absolute atomic E-state index is 0.00644. The molecule has 1 aliphatic rings. The summed E-state index contributed by atoms with van der Waals surface area (Å²) in [5.41, 5.74) is 1.29. The van der Waals surface area contributed by atoms with Crippen molar-refractivity contribution in [3.05, 3.63) is 132 Å². The van der Waals surface area contributed by atoms with Crippen molar-refractivity contribution in [2.24, 2.45) is 4.99 Å². The number of fused-ring (bicyclic) bond motifs is 1. The van der Waals surface area contributed by atoms with Crippen LogP contribution in [0.5, 0.6) is 5.75 Å². The Bertz CT molecular complexity index is 2040. The molecule has 3 aromatic carbocycles. The first kappa shape index (κ1) is 31.9. The fourth-order valence-electron chi connectivity index (χ4n) is 4.68. The topological polar surface area (TPSA) is 113 Å². The lowest BCUT2D eigenvalue weighted by Gasteiger charge is -2.25. The van der Waals surface area contributed by atoms with Crippen LogP contribution in [0.1, 0.15) is 36.6 Å². The van der Waals surface area contributed by atoms with E-state index in [-0.39, 0.29) is 34.8 Å². The van der Waals surface area contributed by atoms with Crippen LogP contribution in [0, 0.1) is 10.1 Å². The molecule has 0 unspecified atom stereocenters. The first-order valence-corrected chi connectivity index (χ1v) is 15.7. The minimum atomic E-state index is -0.891. The Balaban J connectivity index is 1.60. The minimum Gasteiger partial charge on any atom is -0.481 e. The van der Waals surface area contributed by atoms with Crippen molar-refractivity contribution in [3.8, 4) is 5.75 Å². The Labute approximate surface area is 277 Å². The Morgan fingerprint density at radius 1 is 1.16 bits per heavy atom. The van der Waals surface area contributed by atoms with Crippen molar-refractivity contribution >= 4 is 79.8 Å². The molecular formula is C30H21BrCl3N3O6S. The number of benzene rings is 3. The lowest BCUT2D eigenvalue weighted by atomic mass is 9.96. The Morgan fingerprint density at radius 3 is 2.59 bits per heavy atom. The average Bonchev–Trinajstić information content (AvgIpc) is 3.26. The third kappa shape index (κ3) is 6.33. The summed E-state index contributed by atoms with van der Waals surface area (Å²) in [4.78, 5) is 43.3. The monoisotopic (exact) mass is 735 g/mol. The van der Waals surface area contributed by atoms with Crippen LogP contribution in [0.25, 0.3) is 6.08 Å². The number of hydrogen-bond donors (Lipinski definition) is 0. The van der Waals surface area contributed by atoms with E-state index in [2.05, 4.69) is 20.9 Å². The van der Waals surface area contributed by atoms with Gasteiger partial charge < -0.3 is 9.47 Å². The molecule has 1 aliphatic heterocycles. The van der Waals surface area contributed by atoms with Crippen molar-refractivity contribution in [3.63, 3.8) is 0 Å². The van der Waals surface area contributed by atoms with E-state index >= 15 is 0 Å². The standard InChI is InChI=1S/C30H21BrCl3N3O6S/c1-3-42-29(39)25-15(2)35-30-36(26(25)19-6-4-5-7-21(19)33)28(38)24(44-30)12-16-10-20(31)27(23(11-16)37(40)41)43-14-17-8-9-18(32)13-22(17)34/h4-13,26H,3,14H2,1-2H3/b24-12-/t26-/m1/s1. The summed E-state index contributed by atoms with van der Waals surface area (Å²) in [7, 11) is 0. The quantitative estimate of drug-likeness (QED) is 0.109. The molecule has 0 saturated carbocycles. The maximum atomic E-state index is 13.9. The van der Waals surface area contributed by atoms with Crippen LogP contribution in [0.15, 0.2) is 80.1 Å². The maximum Gasteiger partial charge on any atom is 0.338 e. The first-order chi connectivity index (χ1) is 21.0. The highest BCUT2D eigenvalue weighted by Gasteiger charge is 2.34. The van der Waals surface area contributed by atoms with Gasteiger partial charge in [-0.15, -0.1) is 0 Å². The third-order valence-electron chi connectivity index (χ3n) is 6.64. The van der Waals surface area contributed by atoms with Crippen LogP contribution in [0.2, 0.25) is 15.1 Å². The van der Waals surface area contributed by atoms with Gasteiger partial charge in [-0.1, -0.05) is 70.4 Å². The van der Waals surface area contributed by atoms with Gasteiger partial charge in [-0.25, -0.2) is 9.79 Å². The summed E-state index contributed by atoms with van der Waals surface area (Å²) in [6.45, 7) is 3.45. The molecule has 0 amide bonds. The van der Waals surface area contributed by atoms with Crippen molar-refractivity contribution in [2.75, 3.05) is 6.61 Å². The molecule has 0 bridgehead atoms. The highest BCUT2D eigenvalue weighted by molar-refractivity contribution is 9.10. The number of carbonyl (C=O) groups is 1. The summed E-state index contributed by atoms with van der Waals surface area (Å²) in [6, 6.07) is 13.8. The predicted octanol–water partition coefficient (Wildman–Crippen LogP) is 7.01. The van der Waals surface area contributed by atoms with Crippen molar-refractivity contribution in [1.82, 2.24) is 4.57 Å². The molecule has 1 aromatic heterocycles.